The molecule has 0 saturated heterocycles. The molecule has 2 aromatic carbocycles. The van der Waals surface area contributed by atoms with Gasteiger partial charge in [0.1, 0.15) is 6.61 Å². The first-order valence-corrected chi connectivity index (χ1v) is 9.72. The number of hydrogen-bond acceptors (Lipinski definition) is 5. The molecule has 5 heteroatoms. The maximum atomic E-state index is 12.2. The van der Waals surface area contributed by atoms with Gasteiger partial charge in [-0.25, -0.2) is 9.59 Å². The van der Waals surface area contributed by atoms with Crippen LogP contribution in [-0.2, 0) is 16.1 Å². The third-order valence-corrected chi connectivity index (χ3v) is 3.82. The van der Waals surface area contributed by atoms with E-state index in [-0.39, 0.29) is 17.7 Å². The minimum absolute atomic E-state index is 0.166. The van der Waals surface area contributed by atoms with Crippen LogP contribution in [0, 0.1) is 0 Å². The summed E-state index contributed by atoms with van der Waals surface area (Å²) in [7, 11) is 0. The largest absolute Gasteiger partial charge is 0.462 e. The summed E-state index contributed by atoms with van der Waals surface area (Å²) >= 11 is 0. The molecule has 0 aliphatic heterocycles. The van der Waals surface area contributed by atoms with Crippen LogP contribution in [0.1, 0.15) is 65.8 Å². The van der Waals surface area contributed by atoms with Crippen molar-refractivity contribution in [2.75, 3.05) is 13.2 Å². The molecule has 152 valence electrons. The van der Waals surface area contributed by atoms with E-state index in [4.69, 9.17) is 14.6 Å². The fourth-order valence-corrected chi connectivity index (χ4v) is 2.19. The Morgan fingerprint density at radius 2 is 1.32 bits per heavy atom. The van der Waals surface area contributed by atoms with Gasteiger partial charge in [0.2, 0.25) is 0 Å². The third kappa shape index (κ3) is 8.82. The lowest BCUT2D eigenvalue weighted by Gasteiger charge is -2.09. The van der Waals surface area contributed by atoms with Gasteiger partial charge in [-0.1, -0.05) is 69.2 Å². The van der Waals surface area contributed by atoms with Crippen molar-refractivity contribution in [3.63, 3.8) is 0 Å². The van der Waals surface area contributed by atoms with E-state index in [9.17, 15) is 9.59 Å². The second-order valence-corrected chi connectivity index (χ2v) is 6.17. The number of aliphatic hydroxyl groups excluding tert-OH is 1. The second kappa shape index (κ2) is 14.4. The normalized spacial score (nSPS) is 9.82. The molecule has 0 spiro atoms. The van der Waals surface area contributed by atoms with Crippen molar-refractivity contribution >= 4 is 11.9 Å². The summed E-state index contributed by atoms with van der Waals surface area (Å²) in [6.45, 7) is 4.93. The van der Waals surface area contributed by atoms with Crippen LogP contribution >= 0.6 is 0 Å². The summed E-state index contributed by atoms with van der Waals surface area (Å²) in [5.74, 6) is -1.03. The Kier molecular flexibility index (Phi) is 12.0. The highest BCUT2D eigenvalue weighted by Crippen LogP contribution is 2.13. The predicted octanol–water partition coefficient (Wildman–Crippen LogP) is 4.78. The molecular weight excluding hydrogens is 356 g/mol. The summed E-state index contributed by atoms with van der Waals surface area (Å²) in [6.07, 6.45) is 3.77. The first-order valence-electron chi connectivity index (χ1n) is 9.72. The van der Waals surface area contributed by atoms with Gasteiger partial charge in [-0.05, 0) is 30.5 Å². The molecule has 1 N–H and O–H groups in total. The van der Waals surface area contributed by atoms with E-state index in [1.807, 2.05) is 37.3 Å². The van der Waals surface area contributed by atoms with Crippen LogP contribution in [0.3, 0.4) is 0 Å². The number of carbonyl (C=O) groups is 2. The minimum Gasteiger partial charge on any atom is -0.462 e. The first kappa shape index (κ1) is 23.4. The lowest BCUT2D eigenvalue weighted by Crippen LogP contribution is -2.14. The first-order chi connectivity index (χ1) is 13.6. The van der Waals surface area contributed by atoms with Gasteiger partial charge >= 0.3 is 11.9 Å². The molecule has 0 heterocycles. The molecule has 0 aliphatic carbocycles. The summed E-state index contributed by atoms with van der Waals surface area (Å²) in [6, 6.07) is 15.9. The van der Waals surface area contributed by atoms with Crippen LogP contribution in [0.4, 0.5) is 0 Å². The molecular formula is C23H30O5. The third-order valence-electron chi connectivity index (χ3n) is 3.82. The summed E-state index contributed by atoms with van der Waals surface area (Å²) in [4.78, 5) is 24.3. The Balaban J connectivity index is 0.000000696. The highest BCUT2D eigenvalue weighted by molar-refractivity contribution is 6.03. The van der Waals surface area contributed by atoms with E-state index in [2.05, 4.69) is 6.92 Å². The fraction of sp³-hybridized carbons (Fsp3) is 0.391. The Bertz CT molecular complexity index is 695. The molecule has 5 nitrogen and oxygen atoms in total. The number of aliphatic hydroxyl groups is 1. The van der Waals surface area contributed by atoms with Gasteiger partial charge in [0.15, 0.2) is 0 Å². The predicted molar refractivity (Wildman–Crippen MR) is 109 cm³/mol. The van der Waals surface area contributed by atoms with E-state index in [1.165, 1.54) is 0 Å². The number of benzene rings is 2. The molecule has 0 amide bonds. The van der Waals surface area contributed by atoms with Crippen molar-refractivity contribution in [3.05, 3.63) is 71.3 Å². The second-order valence-electron chi connectivity index (χ2n) is 6.17. The molecule has 0 unspecified atom stereocenters. The van der Waals surface area contributed by atoms with Crippen LogP contribution in [-0.4, -0.2) is 30.3 Å². The molecule has 0 saturated carbocycles. The minimum atomic E-state index is -0.531. The van der Waals surface area contributed by atoms with Crippen molar-refractivity contribution in [1.82, 2.24) is 0 Å². The van der Waals surface area contributed by atoms with Crippen LogP contribution in [0.25, 0.3) is 0 Å². The number of rotatable bonds is 9. The molecule has 2 rings (SSSR count). The van der Waals surface area contributed by atoms with Crippen LogP contribution in [0.2, 0.25) is 0 Å². The highest BCUT2D eigenvalue weighted by atomic mass is 16.5. The number of hydrogen-bond donors (Lipinski definition) is 1. The van der Waals surface area contributed by atoms with Gasteiger partial charge in [0.05, 0.1) is 17.7 Å². The van der Waals surface area contributed by atoms with E-state index < -0.39 is 11.9 Å². The zero-order valence-corrected chi connectivity index (χ0v) is 16.7. The lowest BCUT2D eigenvalue weighted by molar-refractivity contribution is 0.0437. The van der Waals surface area contributed by atoms with Crippen molar-refractivity contribution in [1.29, 1.82) is 0 Å². The summed E-state index contributed by atoms with van der Waals surface area (Å²) < 4.78 is 10.5. The van der Waals surface area contributed by atoms with Gasteiger partial charge < -0.3 is 14.6 Å². The highest BCUT2D eigenvalue weighted by Gasteiger charge is 2.18. The SMILES string of the molecule is CCCCO.CCCCOC(=O)c1ccccc1C(=O)OCc1ccccc1. The van der Waals surface area contributed by atoms with Crippen LogP contribution < -0.4 is 0 Å². The van der Waals surface area contributed by atoms with Crippen molar-refractivity contribution in [2.45, 2.75) is 46.1 Å². The monoisotopic (exact) mass is 386 g/mol. The smallest absolute Gasteiger partial charge is 0.339 e. The average molecular weight is 386 g/mol. The van der Waals surface area contributed by atoms with E-state index in [1.54, 1.807) is 24.3 Å². The zero-order valence-electron chi connectivity index (χ0n) is 16.7. The van der Waals surface area contributed by atoms with E-state index >= 15 is 0 Å². The molecule has 28 heavy (non-hydrogen) atoms. The fourth-order valence-electron chi connectivity index (χ4n) is 2.19. The lowest BCUT2D eigenvalue weighted by atomic mass is 10.1. The Hall–Kier alpha value is -2.66. The number of unbranched alkanes of at least 4 members (excludes halogenated alkanes) is 2. The van der Waals surface area contributed by atoms with Crippen molar-refractivity contribution in [2.24, 2.45) is 0 Å². The maximum absolute atomic E-state index is 12.2. The van der Waals surface area contributed by atoms with Gasteiger partial charge in [-0.15, -0.1) is 0 Å². The van der Waals surface area contributed by atoms with Gasteiger partial charge in [-0.2, -0.15) is 0 Å². The van der Waals surface area contributed by atoms with E-state index in [0.29, 0.717) is 13.2 Å². The quantitative estimate of drug-likeness (QED) is 0.496. The molecule has 0 radical (unpaired) electrons. The Morgan fingerprint density at radius 3 is 1.82 bits per heavy atom. The molecule has 0 aromatic heterocycles. The molecule has 2 aromatic rings. The number of esters is 2. The Labute approximate surface area is 167 Å². The maximum Gasteiger partial charge on any atom is 0.339 e. The molecule has 0 bridgehead atoms. The molecule has 0 atom stereocenters. The van der Waals surface area contributed by atoms with Gasteiger partial charge in [0, 0.05) is 6.61 Å². The molecule has 0 aliphatic rings. The molecule has 0 fully saturated rings. The van der Waals surface area contributed by atoms with E-state index in [0.717, 1.165) is 31.2 Å². The topological polar surface area (TPSA) is 72.8 Å². The number of ether oxygens (including phenoxy) is 2. The summed E-state index contributed by atoms with van der Waals surface area (Å²) in [5.41, 5.74) is 1.36. The van der Waals surface area contributed by atoms with Crippen LogP contribution in [0.5, 0.6) is 0 Å². The van der Waals surface area contributed by atoms with Gasteiger partial charge in [-0.3, -0.25) is 0 Å². The van der Waals surface area contributed by atoms with Crippen molar-refractivity contribution < 1.29 is 24.2 Å². The summed E-state index contributed by atoms with van der Waals surface area (Å²) in [5, 5.41) is 8.07. The van der Waals surface area contributed by atoms with Gasteiger partial charge in [0.25, 0.3) is 0 Å². The zero-order chi connectivity index (χ0) is 20.6. The number of carbonyl (C=O) groups excluding carboxylic acids is 2. The average Bonchev–Trinajstić information content (AvgIpc) is 2.74. The van der Waals surface area contributed by atoms with Crippen LogP contribution in [0.15, 0.2) is 54.6 Å². The Morgan fingerprint density at radius 1 is 0.786 bits per heavy atom. The van der Waals surface area contributed by atoms with Crippen molar-refractivity contribution in [3.8, 4) is 0 Å². The standard InChI is InChI=1S/C19H20O4.C4H10O/c1-2-3-13-22-18(20)16-11-7-8-12-17(16)19(21)23-14-15-9-5-4-6-10-15;1-2-3-4-5/h4-12H,2-3,13-14H2,1H3;5H,2-4H2,1H3.